The smallest absolute Gasteiger partial charge is 0.129 e. The molecule has 2 aromatic rings. The summed E-state index contributed by atoms with van der Waals surface area (Å²) in [7, 11) is 1.60. The maximum absolute atomic E-state index is 13.6. The highest BCUT2D eigenvalue weighted by Crippen LogP contribution is 2.25. The number of halogens is 1. The van der Waals surface area contributed by atoms with Crippen LogP contribution in [0.5, 0.6) is 5.75 Å². The zero-order chi connectivity index (χ0) is 13.0. The maximum Gasteiger partial charge on any atom is 0.129 e. The first kappa shape index (κ1) is 12.4. The quantitative estimate of drug-likeness (QED) is 0.871. The van der Waals surface area contributed by atoms with Gasteiger partial charge in [-0.05, 0) is 24.3 Å². The van der Waals surface area contributed by atoms with Gasteiger partial charge in [-0.15, -0.1) is 0 Å². The molecule has 0 aromatic heterocycles. The molecule has 0 saturated carbocycles. The summed E-state index contributed by atoms with van der Waals surface area (Å²) >= 11 is 0. The summed E-state index contributed by atoms with van der Waals surface area (Å²) in [5.41, 5.74) is 7.53. The lowest BCUT2D eigenvalue weighted by molar-refractivity contribution is 0.415. The molecule has 94 valence electrons. The van der Waals surface area contributed by atoms with Gasteiger partial charge in [0.25, 0.3) is 0 Å². The van der Waals surface area contributed by atoms with E-state index in [1.165, 1.54) is 6.07 Å². The van der Waals surface area contributed by atoms with E-state index in [0.717, 1.165) is 11.4 Å². The average molecular weight is 246 g/mol. The Morgan fingerprint density at radius 1 is 1.22 bits per heavy atom. The predicted molar refractivity (Wildman–Crippen MR) is 70.6 cm³/mol. The fourth-order valence-corrected chi connectivity index (χ4v) is 1.74. The summed E-state index contributed by atoms with van der Waals surface area (Å²) in [6.45, 7) is 0.152. The molecular weight excluding hydrogens is 231 g/mol. The van der Waals surface area contributed by atoms with Crippen LogP contribution in [0, 0.1) is 5.82 Å². The number of methoxy groups -OCH3 is 1. The minimum atomic E-state index is -0.301. The second-order valence-electron chi connectivity index (χ2n) is 3.83. The van der Waals surface area contributed by atoms with Crippen molar-refractivity contribution in [1.29, 1.82) is 0 Å². The van der Waals surface area contributed by atoms with Crippen molar-refractivity contribution in [2.75, 3.05) is 12.4 Å². The van der Waals surface area contributed by atoms with Crippen LogP contribution >= 0.6 is 0 Å². The van der Waals surface area contributed by atoms with Gasteiger partial charge < -0.3 is 15.8 Å². The molecule has 0 spiro atoms. The highest BCUT2D eigenvalue weighted by atomic mass is 19.1. The zero-order valence-corrected chi connectivity index (χ0v) is 10.1. The first-order valence-corrected chi connectivity index (χ1v) is 5.63. The van der Waals surface area contributed by atoms with E-state index in [0.29, 0.717) is 11.3 Å². The lowest BCUT2D eigenvalue weighted by Crippen LogP contribution is -2.04. The molecule has 18 heavy (non-hydrogen) atoms. The molecule has 0 aliphatic heterocycles. The van der Waals surface area contributed by atoms with E-state index in [-0.39, 0.29) is 12.4 Å². The van der Waals surface area contributed by atoms with Crippen LogP contribution in [0.3, 0.4) is 0 Å². The van der Waals surface area contributed by atoms with Gasteiger partial charge in [0.1, 0.15) is 11.6 Å². The number of ether oxygens (including phenoxy) is 1. The number of anilines is 2. The van der Waals surface area contributed by atoms with Crippen LogP contribution < -0.4 is 15.8 Å². The van der Waals surface area contributed by atoms with E-state index < -0.39 is 0 Å². The third kappa shape index (κ3) is 2.60. The Labute approximate surface area is 105 Å². The normalized spacial score (nSPS) is 10.2. The average Bonchev–Trinajstić information content (AvgIpc) is 2.39. The summed E-state index contributed by atoms with van der Waals surface area (Å²) in [5, 5.41) is 3.14. The number of nitrogens with one attached hydrogen (secondary N) is 1. The molecule has 0 fully saturated rings. The van der Waals surface area contributed by atoms with Gasteiger partial charge in [0.05, 0.1) is 7.11 Å². The fraction of sp³-hybridized carbons (Fsp3) is 0.143. The molecular formula is C14H15FN2O. The summed E-state index contributed by atoms with van der Waals surface area (Å²) < 4.78 is 18.7. The molecule has 0 amide bonds. The highest BCUT2D eigenvalue weighted by Gasteiger charge is 2.06. The molecule has 0 radical (unpaired) electrons. The van der Waals surface area contributed by atoms with E-state index in [1.807, 2.05) is 24.3 Å². The van der Waals surface area contributed by atoms with Gasteiger partial charge in [0.2, 0.25) is 0 Å². The third-order valence-corrected chi connectivity index (χ3v) is 2.67. The summed E-state index contributed by atoms with van der Waals surface area (Å²) in [4.78, 5) is 0. The van der Waals surface area contributed by atoms with Gasteiger partial charge in [-0.1, -0.05) is 12.1 Å². The standard InChI is InChI=1S/C14H15FN2O/c1-18-11-5-2-4-10(8-11)17-14-7-3-6-13(15)12(14)9-16/h2-8,17H,9,16H2,1H3. The van der Waals surface area contributed by atoms with Crippen molar-refractivity contribution < 1.29 is 9.13 Å². The van der Waals surface area contributed by atoms with Crippen molar-refractivity contribution in [1.82, 2.24) is 0 Å². The minimum absolute atomic E-state index is 0.152. The molecule has 0 aliphatic rings. The Balaban J connectivity index is 2.30. The number of hydrogen-bond donors (Lipinski definition) is 2. The minimum Gasteiger partial charge on any atom is -0.497 e. The Morgan fingerprint density at radius 2 is 2.00 bits per heavy atom. The molecule has 0 saturated heterocycles. The summed E-state index contributed by atoms with van der Waals surface area (Å²) in [6, 6.07) is 12.3. The van der Waals surface area contributed by atoms with E-state index in [4.69, 9.17) is 10.5 Å². The topological polar surface area (TPSA) is 47.3 Å². The molecule has 0 bridgehead atoms. The second kappa shape index (κ2) is 5.51. The number of benzene rings is 2. The van der Waals surface area contributed by atoms with Gasteiger partial charge in [-0.25, -0.2) is 4.39 Å². The first-order chi connectivity index (χ1) is 8.74. The van der Waals surface area contributed by atoms with E-state index in [2.05, 4.69) is 5.32 Å². The van der Waals surface area contributed by atoms with Gasteiger partial charge >= 0.3 is 0 Å². The molecule has 4 heteroatoms. The Bertz CT molecular complexity index is 543. The zero-order valence-electron chi connectivity index (χ0n) is 10.1. The fourth-order valence-electron chi connectivity index (χ4n) is 1.74. The molecule has 0 aliphatic carbocycles. The lowest BCUT2D eigenvalue weighted by Gasteiger charge is -2.12. The van der Waals surface area contributed by atoms with Crippen LogP contribution in [-0.4, -0.2) is 7.11 Å². The number of nitrogens with two attached hydrogens (primary N) is 1. The largest absolute Gasteiger partial charge is 0.497 e. The molecule has 0 unspecified atom stereocenters. The van der Waals surface area contributed by atoms with Gasteiger partial charge in [-0.2, -0.15) is 0 Å². The number of rotatable bonds is 4. The van der Waals surface area contributed by atoms with Crippen LogP contribution in [0.4, 0.5) is 15.8 Å². The van der Waals surface area contributed by atoms with Gasteiger partial charge in [-0.3, -0.25) is 0 Å². The van der Waals surface area contributed by atoms with Crippen LogP contribution in [0.1, 0.15) is 5.56 Å². The Morgan fingerprint density at radius 3 is 2.72 bits per heavy atom. The molecule has 2 rings (SSSR count). The molecule has 3 nitrogen and oxygen atoms in total. The molecule has 0 atom stereocenters. The monoisotopic (exact) mass is 246 g/mol. The van der Waals surface area contributed by atoms with Crippen molar-refractivity contribution in [3.8, 4) is 5.75 Å². The maximum atomic E-state index is 13.6. The van der Waals surface area contributed by atoms with Crippen molar-refractivity contribution in [3.05, 3.63) is 53.8 Å². The van der Waals surface area contributed by atoms with Crippen LogP contribution in [0.2, 0.25) is 0 Å². The first-order valence-electron chi connectivity index (χ1n) is 5.63. The van der Waals surface area contributed by atoms with Crippen molar-refractivity contribution in [3.63, 3.8) is 0 Å². The Kier molecular flexibility index (Phi) is 3.79. The lowest BCUT2D eigenvalue weighted by atomic mass is 10.1. The number of hydrogen-bond acceptors (Lipinski definition) is 3. The summed E-state index contributed by atoms with van der Waals surface area (Å²) in [5.74, 6) is 0.441. The van der Waals surface area contributed by atoms with Crippen molar-refractivity contribution in [2.45, 2.75) is 6.54 Å². The highest BCUT2D eigenvalue weighted by molar-refractivity contribution is 5.64. The van der Waals surface area contributed by atoms with E-state index in [9.17, 15) is 4.39 Å². The third-order valence-electron chi connectivity index (χ3n) is 2.67. The van der Waals surface area contributed by atoms with Crippen LogP contribution in [0.25, 0.3) is 0 Å². The van der Waals surface area contributed by atoms with Gasteiger partial charge in [0, 0.05) is 29.5 Å². The Hall–Kier alpha value is -2.07. The SMILES string of the molecule is COc1cccc(Nc2cccc(F)c2CN)c1. The summed E-state index contributed by atoms with van der Waals surface area (Å²) in [6.07, 6.45) is 0. The van der Waals surface area contributed by atoms with E-state index >= 15 is 0 Å². The predicted octanol–water partition coefficient (Wildman–Crippen LogP) is 3.04. The van der Waals surface area contributed by atoms with Crippen LogP contribution in [0.15, 0.2) is 42.5 Å². The van der Waals surface area contributed by atoms with Crippen LogP contribution in [-0.2, 0) is 6.54 Å². The molecule has 3 N–H and O–H groups in total. The molecule has 0 heterocycles. The second-order valence-corrected chi connectivity index (χ2v) is 3.83. The van der Waals surface area contributed by atoms with Crippen molar-refractivity contribution in [2.24, 2.45) is 5.73 Å². The van der Waals surface area contributed by atoms with Gasteiger partial charge in [0.15, 0.2) is 0 Å². The van der Waals surface area contributed by atoms with E-state index in [1.54, 1.807) is 19.2 Å². The van der Waals surface area contributed by atoms with Crippen molar-refractivity contribution >= 4 is 11.4 Å². The molecule has 2 aromatic carbocycles.